The fraction of sp³-hybridized carbons (Fsp3) is 0.917. The van der Waals surface area contributed by atoms with E-state index in [1.807, 2.05) is 11.8 Å². The maximum Gasteiger partial charge on any atom is 0.235 e. The zero-order valence-corrected chi connectivity index (χ0v) is 10.9. The largest absolute Gasteiger partial charge is 0.355 e. The predicted octanol–water partition coefficient (Wildman–Crippen LogP) is 1.39. The van der Waals surface area contributed by atoms with Crippen molar-refractivity contribution in [3.05, 3.63) is 0 Å². The third kappa shape index (κ3) is 2.92. The van der Waals surface area contributed by atoms with Gasteiger partial charge in [-0.2, -0.15) is 0 Å². The monoisotopic (exact) mass is 242 g/mol. The summed E-state index contributed by atoms with van der Waals surface area (Å²) < 4.78 is -0.146. The lowest BCUT2D eigenvalue weighted by molar-refractivity contribution is -0.123. The van der Waals surface area contributed by atoms with E-state index in [9.17, 15) is 4.79 Å². The van der Waals surface area contributed by atoms with Crippen LogP contribution in [0.5, 0.6) is 0 Å². The highest BCUT2D eigenvalue weighted by molar-refractivity contribution is 8.01. The molecule has 2 heterocycles. The zero-order chi connectivity index (χ0) is 11.4. The van der Waals surface area contributed by atoms with E-state index in [1.165, 1.54) is 19.3 Å². The first-order chi connectivity index (χ1) is 7.71. The van der Waals surface area contributed by atoms with Crippen molar-refractivity contribution in [1.29, 1.82) is 0 Å². The highest BCUT2D eigenvalue weighted by Gasteiger charge is 2.37. The Morgan fingerprint density at radius 3 is 2.88 bits per heavy atom. The van der Waals surface area contributed by atoms with Crippen LogP contribution in [-0.2, 0) is 4.79 Å². The Morgan fingerprint density at radius 1 is 1.50 bits per heavy atom. The zero-order valence-electron chi connectivity index (χ0n) is 10.1. The lowest BCUT2D eigenvalue weighted by atomic mass is 9.97. The highest BCUT2D eigenvalue weighted by atomic mass is 32.2. The van der Waals surface area contributed by atoms with E-state index in [2.05, 4.69) is 17.6 Å². The van der Waals surface area contributed by atoms with E-state index in [1.54, 1.807) is 0 Å². The van der Waals surface area contributed by atoms with Gasteiger partial charge in [-0.3, -0.25) is 4.79 Å². The molecule has 1 amide bonds. The number of thioether (sulfide) groups is 1. The van der Waals surface area contributed by atoms with E-state index in [0.717, 1.165) is 31.8 Å². The van der Waals surface area contributed by atoms with Gasteiger partial charge in [0.2, 0.25) is 5.91 Å². The molecule has 2 aliphatic heterocycles. The number of carbonyl (C=O) groups is 1. The summed E-state index contributed by atoms with van der Waals surface area (Å²) in [7, 11) is 0. The molecule has 2 rings (SSSR count). The van der Waals surface area contributed by atoms with Gasteiger partial charge in [-0.25, -0.2) is 0 Å². The lowest BCUT2D eigenvalue weighted by Gasteiger charge is -2.26. The van der Waals surface area contributed by atoms with Crippen LogP contribution in [-0.4, -0.2) is 36.0 Å². The van der Waals surface area contributed by atoms with Gasteiger partial charge in [0, 0.05) is 6.54 Å². The number of hydrogen-bond acceptors (Lipinski definition) is 3. The van der Waals surface area contributed by atoms with Crippen LogP contribution < -0.4 is 10.6 Å². The molecular formula is C12H22N2OS. The lowest BCUT2D eigenvalue weighted by Crippen LogP contribution is -2.43. The summed E-state index contributed by atoms with van der Waals surface area (Å²) in [5.74, 6) is 2.07. The van der Waals surface area contributed by atoms with Crippen molar-refractivity contribution in [3.63, 3.8) is 0 Å². The number of hydrogen-bond donors (Lipinski definition) is 2. The van der Waals surface area contributed by atoms with E-state index in [0.29, 0.717) is 5.92 Å². The molecular weight excluding hydrogens is 220 g/mol. The third-order valence-corrected chi connectivity index (χ3v) is 5.23. The molecule has 16 heavy (non-hydrogen) atoms. The minimum absolute atomic E-state index is 0.146. The van der Waals surface area contributed by atoms with E-state index in [-0.39, 0.29) is 10.7 Å². The molecule has 0 radical (unpaired) electrons. The highest BCUT2D eigenvalue weighted by Crippen LogP contribution is 2.37. The van der Waals surface area contributed by atoms with Crippen LogP contribution in [0.15, 0.2) is 0 Å². The van der Waals surface area contributed by atoms with Gasteiger partial charge in [0.25, 0.3) is 0 Å². The second kappa shape index (κ2) is 5.41. The molecule has 0 aliphatic carbocycles. The molecule has 0 aromatic rings. The van der Waals surface area contributed by atoms with Crippen molar-refractivity contribution >= 4 is 17.7 Å². The van der Waals surface area contributed by atoms with Crippen LogP contribution in [0.25, 0.3) is 0 Å². The molecule has 3 nitrogen and oxygen atoms in total. The number of nitrogens with one attached hydrogen (secondary N) is 2. The molecule has 0 aromatic heterocycles. The van der Waals surface area contributed by atoms with Crippen LogP contribution in [0.4, 0.5) is 0 Å². The minimum atomic E-state index is -0.146. The van der Waals surface area contributed by atoms with Gasteiger partial charge in [-0.15, -0.1) is 11.8 Å². The van der Waals surface area contributed by atoms with Crippen molar-refractivity contribution in [2.45, 2.75) is 37.4 Å². The second-order valence-electron chi connectivity index (χ2n) is 5.09. The minimum Gasteiger partial charge on any atom is -0.355 e. The summed E-state index contributed by atoms with van der Waals surface area (Å²) in [6, 6.07) is 0. The summed E-state index contributed by atoms with van der Waals surface area (Å²) in [6.07, 6.45) is 4.62. The second-order valence-corrected chi connectivity index (χ2v) is 6.68. The number of carbonyl (C=O) groups excluding carboxylic acids is 1. The molecule has 4 heteroatoms. The molecule has 1 atom stereocenters. The molecule has 0 aromatic carbocycles. The summed E-state index contributed by atoms with van der Waals surface area (Å²) in [4.78, 5) is 12.1. The number of piperidine rings is 1. The van der Waals surface area contributed by atoms with Crippen molar-refractivity contribution in [1.82, 2.24) is 10.6 Å². The van der Waals surface area contributed by atoms with Crippen molar-refractivity contribution in [2.24, 2.45) is 5.92 Å². The standard InChI is InChI=1S/C12H22N2OS/c1-12(5-2-8-16-12)11(15)14-9-10-3-6-13-7-4-10/h10,13H,2-9H2,1H3,(H,14,15). The van der Waals surface area contributed by atoms with Gasteiger partial charge >= 0.3 is 0 Å². The van der Waals surface area contributed by atoms with Crippen molar-refractivity contribution < 1.29 is 4.79 Å². The molecule has 1 unspecified atom stereocenters. The Kier molecular flexibility index (Phi) is 4.14. The molecule has 0 bridgehead atoms. The average Bonchev–Trinajstić information content (AvgIpc) is 2.76. The first-order valence-electron chi connectivity index (χ1n) is 6.34. The van der Waals surface area contributed by atoms with Crippen LogP contribution in [0, 0.1) is 5.92 Å². The summed E-state index contributed by atoms with van der Waals surface area (Å²) in [6.45, 7) is 5.16. The Bertz CT molecular complexity index is 245. The van der Waals surface area contributed by atoms with E-state index >= 15 is 0 Å². The summed E-state index contributed by atoms with van der Waals surface area (Å²) >= 11 is 1.82. The normalized spacial score (nSPS) is 31.6. The fourth-order valence-corrected chi connectivity index (χ4v) is 3.70. The van der Waals surface area contributed by atoms with E-state index in [4.69, 9.17) is 0 Å². The number of rotatable bonds is 3. The van der Waals surface area contributed by atoms with Gasteiger partial charge in [-0.1, -0.05) is 0 Å². The molecule has 2 saturated heterocycles. The smallest absolute Gasteiger partial charge is 0.235 e. The van der Waals surface area contributed by atoms with Gasteiger partial charge in [0.1, 0.15) is 0 Å². The van der Waals surface area contributed by atoms with Gasteiger partial charge in [0.05, 0.1) is 4.75 Å². The molecule has 92 valence electrons. The maximum absolute atomic E-state index is 12.1. The summed E-state index contributed by atoms with van der Waals surface area (Å²) in [5.41, 5.74) is 0. The van der Waals surface area contributed by atoms with Crippen LogP contribution in [0.3, 0.4) is 0 Å². The molecule has 0 spiro atoms. The fourth-order valence-electron chi connectivity index (χ4n) is 2.47. The number of amides is 1. The van der Waals surface area contributed by atoms with Gasteiger partial charge < -0.3 is 10.6 Å². The third-order valence-electron chi connectivity index (χ3n) is 3.71. The van der Waals surface area contributed by atoms with Crippen molar-refractivity contribution in [2.75, 3.05) is 25.4 Å². The van der Waals surface area contributed by atoms with Crippen LogP contribution in [0.1, 0.15) is 32.6 Å². The molecule has 2 fully saturated rings. The average molecular weight is 242 g/mol. The Morgan fingerprint density at radius 2 is 2.25 bits per heavy atom. The molecule has 0 saturated carbocycles. The first-order valence-corrected chi connectivity index (χ1v) is 7.32. The van der Waals surface area contributed by atoms with Gasteiger partial charge in [-0.05, 0) is 57.4 Å². The van der Waals surface area contributed by atoms with E-state index < -0.39 is 0 Å². The Balaban J connectivity index is 1.74. The molecule has 2 N–H and O–H groups in total. The predicted molar refractivity (Wildman–Crippen MR) is 68.7 cm³/mol. The van der Waals surface area contributed by atoms with Crippen LogP contribution in [0.2, 0.25) is 0 Å². The SMILES string of the molecule is CC1(C(=O)NCC2CCNCC2)CCCS1. The topological polar surface area (TPSA) is 41.1 Å². The van der Waals surface area contributed by atoms with Gasteiger partial charge in [0.15, 0.2) is 0 Å². The Labute approximate surface area is 102 Å². The first kappa shape index (κ1) is 12.2. The van der Waals surface area contributed by atoms with Crippen LogP contribution >= 0.6 is 11.8 Å². The molecule has 2 aliphatic rings. The summed E-state index contributed by atoms with van der Waals surface area (Å²) in [5, 5.41) is 6.50. The van der Waals surface area contributed by atoms with Crippen molar-refractivity contribution in [3.8, 4) is 0 Å². The Hall–Kier alpha value is -0.220. The maximum atomic E-state index is 12.1. The quantitative estimate of drug-likeness (QED) is 0.786.